The Balaban J connectivity index is 1.37. The second-order valence-corrected chi connectivity index (χ2v) is 7.78. The first-order valence-corrected chi connectivity index (χ1v) is 9.88. The van der Waals surface area contributed by atoms with Crippen LogP contribution in [0.15, 0.2) is 12.2 Å². The summed E-state index contributed by atoms with van der Waals surface area (Å²) in [6.07, 6.45) is 12.2. The van der Waals surface area contributed by atoms with Gasteiger partial charge in [0, 0.05) is 6.42 Å². The molecule has 2 aliphatic rings. The fourth-order valence-electron chi connectivity index (χ4n) is 4.10. The molecule has 0 aromatic carbocycles. The predicted octanol–water partition coefficient (Wildman–Crippen LogP) is 6.15. The van der Waals surface area contributed by atoms with Gasteiger partial charge in [0.15, 0.2) is 6.61 Å². The number of hydrogen-bond acceptors (Lipinski definition) is 2. The van der Waals surface area contributed by atoms with E-state index in [0.29, 0.717) is 6.42 Å². The van der Waals surface area contributed by atoms with E-state index in [1.54, 1.807) is 0 Å². The lowest BCUT2D eigenvalue weighted by Gasteiger charge is -2.17. The molecule has 2 bridgehead atoms. The van der Waals surface area contributed by atoms with Crippen LogP contribution < -0.4 is 0 Å². The summed E-state index contributed by atoms with van der Waals surface area (Å²) in [4.78, 5) is 11.3. The van der Waals surface area contributed by atoms with E-state index in [1.165, 1.54) is 38.5 Å². The van der Waals surface area contributed by atoms with Crippen molar-refractivity contribution in [1.29, 1.82) is 0 Å². The number of carbonyl (C=O) groups is 1. The highest BCUT2D eigenvalue weighted by atomic mass is 19.3. The van der Waals surface area contributed by atoms with Crippen LogP contribution in [-0.4, -0.2) is 24.9 Å². The summed E-state index contributed by atoms with van der Waals surface area (Å²) < 4.78 is 53.3. The van der Waals surface area contributed by atoms with Gasteiger partial charge in [-0.3, -0.25) is 4.79 Å². The van der Waals surface area contributed by atoms with Crippen molar-refractivity contribution in [2.45, 2.75) is 83.0 Å². The van der Waals surface area contributed by atoms with Gasteiger partial charge in [0.05, 0.1) is 0 Å². The summed E-state index contributed by atoms with van der Waals surface area (Å²) in [6.45, 7) is -1.54. The number of carbonyl (C=O) groups excluding carboxylic acids is 1. The highest BCUT2D eigenvalue weighted by Gasteiger charge is 2.42. The van der Waals surface area contributed by atoms with E-state index in [0.717, 1.165) is 37.0 Å². The van der Waals surface area contributed by atoms with Crippen molar-refractivity contribution in [3.63, 3.8) is 0 Å². The third-order valence-corrected chi connectivity index (χ3v) is 5.62. The van der Waals surface area contributed by atoms with Crippen LogP contribution in [-0.2, 0) is 9.53 Å². The van der Waals surface area contributed by atoms with Gasteiger partial charge in [-0.1, -0.05) is 50.7 Å². The molecule has 0 radical (unpaired) electrons. The predicted molar refractivity (Wildman–Crippen MR) is 92.3 cm³/mol. The van der Waals surface area contributed by atoms with Crippen LogP contribution in [0.1, 0.15) is 70.6 Å². The normalized spacial score (nSPS) is 24.6. The van der Waals surface area contributed by atoms with Crippen LogP contribution in [0, 0.1) is 17.8 Å². The molecule has 6 heteroatoms. The number of alkyl halides is 4. The van der Waals surface area contributed by atoms with E-state index in [9.17, 15) is 22.4 Å². The molecule has 3 unspecified atom stereocenters. The molecule has 2 rings (SSSR count). The highest BCUT2D eigenvalue weighted by Crippen LogP contribution is 2.45. The van der Waals surface area contributed by atoms with Crippen molar-refractivity contribution in [3.8, 4) is 0 Å². The van der Waals surface area contributed by atoms with E-state index in [2.05, 4.69) is 16.9 Å². The summed E-state index contributed by atoms with van der Waals surface area (Å²) >= 11 is 0. The zero-order chi connectivity index (χ0) is 19.0. The van der Waals surface area contributed by atoms with Gasteiger partial charge in [0.25, 0.3) is 0 Å². The van der Waals surface area contributed by atoms with Crippen molar-refractivity contribution in [1.82, 2.24) is 0 Å². The van der Waals surface area contributed by atoms with Crippen molar-refractivity contribution >= 4 is 5.97 Å². The number of fused-ring (bicyclic) bond motifs is 2. The smallest absolute Gasteiger partial charge is 0.340 e. The van der Waals surface area contributed by atoms with E-state index >= 15 is 0 Å². The molecule has 1 fully saturated rings. The molecule has 0 aromatic rings. The number of esters is 1. The lowest BCUT2D eigenvalue weighted by molar-refractivity contribution is -0.179. The van der Waals surface area contributed by atoms with Crippen LogP contribution in [0.5, 0.6) is 0 Å². The molecule has 150 valence electrons. The minimum absolute atomic E-state index is 0.0110. The Bertz CT molecular complexity index is 465. The molecule has 2 nitrogen and oxygen atoms in total. The number of ether oxygens (including phenoxy) is 1. The molecule has 1 saturated carbocycles. The highest BCUT2D eigenvalue weighted by molar-refractivity contribution is 5.69. The fraction of sp³-hybridized carbons (Fsp3) is 0.850. The SMILES string of the molecule is O=C(CCCCCCCCCC1CC2C=CC1C2)OCC(F)(F)C(F)F. The first-order chi connectivity index (χ1) is 12.4. The lowest BCUT2D eigenvalue weighted by Crippen LogP contribution is -2.33. The van der Waals surface area contributed by atoms with Crippen LogP contribution in [0.4, 0.5) is 17.6 Å². The first-order valence-electron chi connectivity index (χ1n) is 9.88. The first kappa shape index (κ1) is 21.2. The van der Waals surface area contributed by atoms with Crippen molar-refractivity contribution < 1.29 is 27.1 Å². The van der Waals surface area contributed by atoms with Crippen molar-refractivity contribution in [2.75, 3.05) is 6.61 Å². The van der Waals surface area contributed by atoms with Gasteiger partial charge in [-0.25, -0.2) is 8.78 Å². The topological polar surface area (TPSA) is 26.3 Å². The van der Waals surface area contributed by atoms with Crippen LogP contribution in [0.25, 0.3) is 0 Å². The third kappa shape index (κ3) is 6.92. The summed E-state index contributed by atoms with van der Waals surface area (Å²) in [6, 6.07) is 0. The maximum Gasteiger partial charge on any atom is 0.340 e. The number of rotatable bonds is 13. The molecule has 0 N–H and O–H groups in total. The monoisotopic (exact) mass is 378 g/mol. The Kier molecular flexibility index (Phi) is 8.42. The van der Waals surface area contributed by atoms with E-state index in [4.69, 9.17) is 0 Å². The average molecular weight is 378 g/mol. The molecule has 0 aliphatic heterocycles. The standard InChI is InChI=1S/C20H30F4O2/c21-19(22)20(23,24)14-26-18(25)9-7-5-3-1-2-4-6-8-16-12-15-10-11-17(16)13-15/h10-11,15-17,19H,1-9,12-14H2. The molecule has 0 heterocycles. The van der Waals surface area contributed by atoms with Crippen molar-refractivity contribution in [2.24, 2.45) is 17.8 Å². The molecule has 0 spiro atoms. The van der Waals surface area contributed by atoms with Crippen molar-refractivity contribution in [3.05, 3.63) is 12.2 Å². The molecule has 0 saturated heterocycles. The summed E-state index contributed by atoms with van der Waals surface area (Å²) in [5.41, 5.74) is 0. The van der Waals surface area contributed by atoms with Gasteiger partial charge in [-0.05, 0) is 43.4 Å². The fourth-order valence-corrected chi connectivity index (χ4v) is 4.10. The zero-order valence-electron chi connectivity index (χ0n) is 15.3. The number of hydrogen-bond donors (Lipinski definition) is 0. The van der Waals surface area contributed by atoms with Gasteiger partial charge >= 0.3 is 18.3 Å². The second kappa shape index (κ2) is 10.3. The Morgan fingerprint density at radius 2 is 1.65 bits per heavy atom. The van der Waals surface area contributed by atoms with E-state index in [-0.39, 0.29) is 6.42 Å². The molecular formula is C20H30F4O2. The lowest BCUT2D eigenvalue weighted by atomic mass is 9.88. The van der Waals surface area contributed by atoms with Gasteiger partial charge in [-0.15, -0.1) is 0 Å². The van der Waals surface area contributed by atoms with Crippen LogP contribution in [0.3, 0.4) is 0 Å². The summed E-state index contributed by atoms with van der Waals surface area (Å²) in [5, 5.41) is 0. The Labute approximate surface area is 153 Å². The second-order valence-electron chi connectivity index (χ2n) is 7.78. The average Bonchev–Trinajstić information content (AvgIpc) is 3.21. The maximum atomic E-state index is 12.6. The zero-order valence-corrected chi connectivity index (χ0v) is 15.3. The molecule has 0 amide bonds. The van der Waals surface area contributed by atoms with E-state index in [1.807, 2.05) is 0 Å². The molecule has 26 heavy (non-hydrogen) atoms. The molecule has 3 atom stereocenters. The number of allylic oxidation sites excluding steroid dienone is 2. The van der Waals surface area contributed by atoms with Gasteiger partial charge < -0.3 is 4.74 Å². The Morgan fingerprint density at radius 3 is 2.23 bits per heavy atom. The number of unbranched alkanes of at least 4 members (excludes halogenated alkanes) is 6. The van der Waals surface area contributed by atoms with Crippen LogP contribution in [0.2, 0.25) is 0 Å². The Hall–Kier alpha value is -1.07. The van der Waals surface area contributed by atoms with E-state index < -0.39 is 24.9 Å². The minimum atomic E-state index is -4.26. The van der Waals surface area contributed by atoms with Gasteiger partial charge in [-0.2, -0.15) is 8.78 Å². The largest absolute Gasteiger partial charge is 0.459 e. The molecule has 0 aromatic heterocycles. The molecular weight excluding hydrogens is 348 g/mol. The third-order valence-electron chi connectivity index (χ3n) is 5.62. The maximum absolute atomic E-state index is 12.6. The van der Waals surface area contributed by atoms with Crippen LogP contribution >= 0.6 is 0 Å². The summed E-state index contributed by atoms with van der Waals surface area (Å²) in [7, 11) is 0. The summed E-state index contributed by atoms with van der Waals surface area (Å²) in [5.74, 6) is -2.51. The van der Waals surface area contributed by atoms with Gasteiger partial charge in [0.2, 0.25) is 0 Å². The number of halogens is 4. The van der Waals surface area contributed by atoms with Gasteiger partial charge in [0.1, 0.15) is 0 Å². The Morgan fingerprint density at radius 1 is 1.00 bits per heavy atom. The quantitative estimate of drug-likeness (QED) is 0.166. The minimum Gasteiger partial charge on any atom is -0.459 e. The molecule has 2 aliphatic carbocycles.